The maximum atomic E-state index is 13.1. The lowest BCUT2D eigenvalue weighted by molar-refractivity contribution is -0.126. The summed E-state index contributed by atoms with van der Waals surface area (Å²) < 4.78 is 21.5. The molecule has 0 fully saturated rings. The van der Waals surface area contributed by atoms with Gasteiger partial charge in [-0.05, 0) is 44.2 Å². The fourth-order valence-corrected chi connectivity index (χ4v) is 3.31. The molecule has 3 aromatic rings. The molecule has 0 saturated carbocycles. The van der Waals surface area contributed by atoms with Crippen LogP contribution >= 0.6 is 0 Å². The van der Waals surface area contributed by atoms with E-state index in [4.69, 9.17) is 18.9 Å². The molecule has 0 radical (unpaired) electrons. The summed E-state index contributed by atoms with van der Waals surface area (Å²) in [7, 11) is 0. The van der Waals surface area contributed by atoms with Crippen LogP contribution in [-0.4, -0.2) is 24.3 Å². The largest absolute Gasteiger partial charge is 0.514 e. The van der Waals surface area contributed by atoms with Crippen molar-refractivity contribution in [2.24, 2.45) is 0 Å². The van der Waals surface area contributed by atoms with Gasteiger partial charge in [0.25, 0.3) is 5.91 Å². The Kier molecular flexibility index (Phi) is 6.26. The lowest BCUT2D eigenvalue weighted by atomic mass is 10.1. The minimum atomic E-state index is -1.35. The monoisotopic (exact) mass is 447 g/mol. The van der Waals surface area contributed by atoms with Gasteiger partial charge in [0.15, 0.2) is 11.5 Å². The predicted octanol–water partition coefficient (Wildman–Crippen LogP) is 5.28. The fraction of sp³-hybridized carbons (Fsp3) is 0.160. The second-order valence-electron chi connectivity index (χ2n) is 7.38. The van der Waals surface area contributed by atoms with E-state index in [-0.39, 0.29) is 23.3 Å². The Hall–Kier alpha value is -4.33. The van der Waals surface area contributed by atoms with Gasteiger partial charge in [-0.1, -0.05) is 48.5 Å². The van der Waals surface area contributed by atoms with Crippen LogP contribution in [0.4, 0.5) is 15.3 Å². The van der Waals surface area contributed by atoms with Crippen LogP contribution in [0.5, 0.6) is 17.2 Å². The standard InChI is InChI=1S/C25H21NO7/c1-16(2)30-20-14-8-9-15-21(20)32-24(28)26-19-13-7-6-12-18(19)22(23(26)27)33-25(29)31-17-10-4-3-5-11-17/h3-16,22H,1-2H3. The van der Waals surface area contributed by atoms with E-state index in [1.807, 2.05) is 13.8 Å². The lowest BCUT2D eigenvalue weighted by Gasteiger charge is -2.18. The van der Waals surface area contributed by atoms with Crippen molar-refractivity contribution in [2.45, 2.75) is 26.1 Å². The summed E-state index contributed by atoms with van der Waals surface area (Å²) >= 11 is 0. The number of imide groups is 1. The zero-order valence-corrected chi connectivity index (χ0v) is 18.0. The Labute approximate surface area is 190 Å². The van der Waals surface area contributed by atoms with E-state index in [1.54, 1.807) is 78.9 Å². The van der Waals surface area contributed by atoms with Gasteiger partial charge in [0.05, 0.1) is 11.8 Å². The first-order valence-electron chi connectivity index (χ1n) is 10.3. The Morgan fingerprint density at radius 2 is 1.45 bits per heavy atom. The zero-order valence-electron chi connectivity index (χ0n) is 18.0. The molecule has 8 heteroatoms. The summed E-state index contributed by atoms with van der Waals surface area (Å²) in [5, 5.41) is 0. The first kappa shape index (κ1) is 21.9. The van der Waals surface area contributed by atoms with Gasteiger partial charge in [-0.2, -0.15) is 0 Å². The molecular formula is C25H21NO7. The summed E-state index contributed by atoms with van der Waals surface area (Å²) in [6.07, 6.45) is -3.52. The number of anilines is 1. The Balaban J connectivity index is 1.55. The molecule has 168 valence electrons. The molecule has 8 nitrogen and oxygen atoms in total. The van der Waals surface area contributed by atoms with Crippen LogP contribution in [0.2, 0.25) is 0 Å². The highest BCUT2D eigenvalue weighted by Crippen LogP contribution is 2.39. The van der Waals surface area contributed by atoms with Crippen molar-refractivity contribution in [1.29, 1.82) is 0 Å². The van der Waals surface area contributed by atoms with Crippen molar-refractivity contribution in [3.8, 4) is 17.2 Å². The summed E-state index contributed by atoms with van der Waals surface area (Å²) in [6, 6.07) is 21.4. The van der Waals surface area contributed by atoms with Crippen LogP contribution in [0.15, 0.2) is 78.9 Å². The highest BCUT2D eigenvalue weighted by Gasteiger charge is 2.44. The highest BCUT2D eigenvalue weighted by molar-refractivity contribution is 6.19. The third kappa shape index (κ3) is 4.79. The van der Waals surface area contributed by atoms with Gasteiger partial charge >= 0.3 is 12.2 Å². The highest BCUT2D eigenvalue weighted by atomic mass is 16.7. The number of hydrogen-bond acceptors (Lipinski definition) is 7. The second kappa shape index (κ2) is 9.44. The zero-order chi connectivity index (χ0) is 23.4. The Bertz CT molecular complexity index is 1180. The number of ether oxygens (including phenoxy) is 4. The van der Waals surface area contributed by atoms with E-state index in [0.717, 1.165) is 4.90 Å². The van der Waals surface area contributed by atoms with E-state index in [1.165, 1.54) is 0 Å². The summed E-state index contributed by atoms with van der Waals surface area (Å²) in [6.45, 7) is 3.69. The molecule has 0 aliphatic carbocycles. The Morgan fingerprint density at radius 1 is 0.818 bits per heavy atom. The maximum absolute atomic E-state index is 13.1. The predicted molar refractivity (Wildman–Crippen MR) is 118 cm³/mol. The molecule has 33 heavy (non-hydrogen) atoms. The number of amides is 2. The summed E-state index contributed by atoms with van der Waals surface area (Å²) in [5.74, 6) is 0.0158. The minimum Gasteiger partial charge on any atom is -0.487 e. The number of carbonyl (C=O) groups is 3. The molecule has 3 aromatic carbocycles. The van der Waals surface area contributed by atoms with Gasteiger partial charge in [-0.25, -0.2) is 14.5 Å². The smallest absolute Gasteiger partial charge is 0.487 e. The Morgan fingerprint density at radius 3 is 2.18 bits per heavy atom. The SMILES string of the molecule is CC(C)Oc1ccccc1OC(=O)N1C(=O)C(OC(=O)Oc2ccccc2)c2ccccc21. The van der Waals surface area contributed by atoms with Gasteiger partial charge in [-0.3, -0.25) is 4.79 Å². The first-order valence-corrected chi connectivity index (χ1v) is 10.3. The van der Waals surface area contributed by atoms with Gasteiger partial charge in [0.1, 0.15) is 5.75 Å². The molecule has 2 amide bonds. The van der Waals surface area contributed by atoms with Crippen LogP contribution in [0.25, 0.3) is 0 Å². The van der Waals surface area contributed by atoms with Crippen molar-refractivity contribution in [3.05, 3.63) is 84.4 Å². The molecule has 1 heterocycles. The number of hydrogen-bond donors (Lipinski definition) is 0. The molecule has 1 unspecified atom stereocenters. The fourth-order valence-electron chi connectivity index (χ4n) is 3.31. The lowest BCUT2D eigenvalue weighted by Crippen LogP contribution is -2.38. The van der Waals surface area contributed by atoms with Gasteiger partial charge in [0.2, 0.25) is 6.10 Å². The van der Waals surface area contributed by atoms with Gasteiger partial charge in [0, 0.05) is 5.56 Å². The van der Waals surface area contributed by atoms with Crippen LogP contribution in [0.3, 0.4) is 0 Å². The van der Waals surface area contributed by atoms with Crippen molar-refractivity contribution < 1.29 is 33.3 Å². The molecule has 1 aliphatic rings. The molecule has 0 aromatic heterocycles. The van der Waals surface area contributed by atoms with Crippen LogP contribution in [-0.2, 0) is 9.53 Å². The van der Waals surface area contributed by atoms with E-state index in [0.29, 0.717) is 11.3 Å². The van der Waals surface area contributed by atoms with E-state index < -0.39 is 24.3 Å². The molecular weight excluding hydrogens is 426 g/mol. The van der Waals surface area contributed by atoms with E-state index >= 15 is 0 Å². The van der Waals surface area contributed by atoms with Crippen LogP contribution in [0, 0.1) is 0 Å². The topological polar surface area (TPSA) is 91.4 Å². The van der Waals surface area contributed by atoms with Gasteiger partial charge in [-0.15, -0.1) is 0 Å². The van der Waals surface area contributed by atoms with Crippen molar-refractivity contribution in [3.63, 3.8) is 0 Å². The molecule has 4 rings (SSSR count). The summed E-state index contributed by atoms with van der Waals surface area (Å²) in [4.78, 5) is 39.2. The third-order valence-corrected chi connectivity index (χ3v) is 4.65. The van der Waals surface area contributed by atoms with Crippen LogP contribution in [0.1, 0.15) is 25.5 Å². The van der Waals surface area contributed by atoms with Gasteiger partial charge < -0.3 is 18.9 Å². The average molecular weight is 447 g/mol. The number of carbonyl (C=O) groups excluding carboxylic acids is 3. The molecule has 1 aliphatic heterocycles. The quantitative estimate of drug-likeness (QED) is 0.388. The number of para-hydroxylation sites is 4. The normalized spacial score (nSPS) is 14.6. The number of nitrogens with zero attached hydrogens (tertiary/aromatic N) is 1. The summed E-state index contributed by atoms with van der Waals surface area (Å²) in [5.41, 5.74) is 0.600. The second-order valence-corrected chi connectivity index (χ2v) is 7.38. The number of benzene rings is 3. The first-order chi connectivity index (χ1) is 15.9. The molecule has 0 bridgehead atoms. The molecule has 0 spiro atoms. The number of rotatable bonds is 5. The van der Waals surface area contributed by atoms with Crippen molar-refractivity contribution >= 4 is 23.8 Å². The molecule has 1 atom stereocenters. The minimum absolute atomic E-state index is 0.146. The van der Waals surface area contributed by atoms with Crippen molar-refractivity contribution in [2.75, 3.05) is 4.90 Å². The maximum Gasteiger partial charge on any atom is 0.514 e. The average Bonchev–Trinajstić information content (AvgIpc) is 3.07. The van der Waals surface area contributed by atoms with Crippen molar-refractivity contribution in [1.82, 2.24) is 0 Å². The van der Waals surface area contributed by atoms with E-state index in [9.17, 15) is 14.4 Å². The number of fused-ring (bicyclic) bond motifs is 1. The van der Waals surface area contributed by atoms with E-state index in [2.05, 4.69) is 0 Å². The molecule has 0 saturated heterocycles. The third-order valence-electron chi connectivity index (χ3n) is 4.65. The van der Waals surface area contributed by atoms with Crippen LogP contribution < -0.4 is 19.1 Å². The molecule has 0 N–H and O–H groups in total.